The SMILES string of the molecule is CC(C)(C)OC(=O)NCCc1c(C(=O)O)nnn1CCCCO. The molecule has 1 aromatic rings. The lowest BCUT2D eigenvalue weighted by atomic mass is 10.2. The van der Waals surface area contributed by atoms with Gasteiger partial charge in [-0.2, -0.15) is 0 Å². The van der Waals surface area contributed by atoms with Crippen LogP contribution in [0.3, 0.4) is 0 Å². The Hall–Kier alpha value is -2.16. The van der Waals surface area contributed by atoms with Gasteiger partial charge < -0.3 is 20.3 Å². The molecule has 0 aromatic carbocycles. The number of nitrogens with one attached hydrogen (secondary N) is 1. The highest BCUT2D eigenvalue weighted by atomic mass is 16.6. The van der Waals surface area contributed by atoms with Crippen LogP contribution in [0.5, 0.6) is 0 Å². The number of aromatic nitrogens is 3. The summed E-state index contributed by atoms with van der Waals surface area (Å²) in [5, 5.41) is 28.0. The van der Waals surface area contributed by atoms with Gasteiger partial charge in [-0.3, -0.25) is 0 Å². The second kappa shape index (κ2) is 8.47. The summed E-state index contributed by atoms with van der Waals surface area (Å²) in [6.07, 6.45) is 0.963. The van der Waals surface area contributed by atoms with Crippen LogP contribution >= 0.6 is 0 Å². The molecule has 1 rings (SSSR count). The van der Waals surface area contributed by atoms with Crippen molar-refractivity contribution in [2.24, 2.45) is 0 Å². The molecule has 1 heterocycles. The van der Waals surface area contributed by atoms with E-state index in [2.05, 4.69) is 15.6 Å². The van der Waals surface area contributed by atoms with Crippen molar-refractivity contribution in [1.29, 1.82) is 0 Å². The molecule has 0 radical (unpaired) electrons. The minimum atomic E-state index is -1.16. The van der Waals surface area contributed by atoms with E-state index >= 15 is 0 Å². The molecule has 9 heteroatoms. The Morgan fingerprint density at radius 3 is 2.57 bits per heavy atom. The van der Waals surface area contributed by atoms with E-state index in [0.29, 0.717) is 25.1 Å². The van der Waals surface area contributed by atoms with Crippen molar-refractivity contribution in [3.8, 4) is 0 Å². The zero-order valence-corrected chi connectivity index (χ0v) is 13.7. The van der Waals surface area contributed by atoms with Crippen molar-refractivity contribution in [2.45, 2.75) is 52.2 Å². The van der Waals surface area contributed by atoms with Gasteiger partial charge in [0, 0.05) is 26.1 Å². The van der Waals surface area contributed by atoms with Crippen molar-refractivity contribution in [1.82, 2.24) is 20.3 Å². The summed E-state index contributed by atoms with van der Waals surface area (Å²) in [5.74, 6) is -1.16. The maximum atomic E-state index is 11.6. The number of carboxylic acid groups (broad SMARTS) is 1. The van der Waals surface area contributed by atoms with Crippen LogP contribution in [0.2, 0.25) is 0 Å². The zero-order valence-electron chi connectivity index (χ0n) is 13.7. The molecule has 9 nitrogen and oxygen atoms in total. The van der Waals surface area contributed by atoms with E-state index in [4.69, 9.17) is 14.9 Å². The van der Waals surface area contributed by atoms with Crippen molar-refractivity contribution in [3.05, 3.63) is 11.4 Å². The number of hydrogen-bond donors (Lipinski definition) is 3. The fourth-order valence-corrected chi connectivity index (χ4v) is 1.90. The molecule has 3 N–H and O–H groups in total. The quantitative estimate of drug-likeness (QED) is 0.603. The van der Waals surface area contributed by atoms with Crippen LogP contribution in [0, 0.1) is 0 Å². The number of alkyl carbamates (subject to hydrolysis) is 1. The molecular formula is C14H24N4O5. The van der Waals surface area contributed by atoms with E-state index in [1.165, 1.54) is 4.68 Å². The Bertz CT molecular complexity index is 536. The number of aliphatic hydroxyl groups excluding tert-OH is 1. The van der Waals surface area contributed by atoms with E-state index in [0.717, 1.165) is 0 Å². The van der Waals surface area contributed by atoms with Crippen molar-refractivity contribution >= 4 is 12.1 Å². The van der Waals surface area contributed by atoms with Crippen LogP contribution in [0.15, 0.2) is 0 Å². The number of carbonyl (C=O) groups is 2. The molecule has 0 saturated carbocycles. The maximum Gasteiger partial charge on any atom is 0.407 e. The molecule has 0 unspecified atom stereocenters. The van der Waals surface area contributed by atoms with Crippen LogP contribution in [0.25, 0.3) is 0 Å². The van der Waals surface area contributed by atoms with E-state index in [-0.39, 0.29) is 25.3 Å². The molecular weight excluding hydrogens is 304 g/mol. The van der Waals surface area contributed by atoms with Crippen molar-refractivity contribution in [2.75, 3.05) is 13.2 Å². The largest absolute Gasteiger partial charge is 0.476 e. The highest BCUT2D eigenvalue weighted by Gasteiger charge is 2.20. The van der Waals surface area contributed by atoms with Crippen LogP contribution in [-0.4, -0.2) is 56.0 Å². The smallest absolute Gasteiger partial charge is 0.407 e. The number of hydrogen-bond acceptors (Lipinski definition) is 6. The summed E-state index contributed by atoms with van der Waals surface area (Å²) >= 11 is 0. The number of rotatable bonds is 8. The highest BCUT2D eigenvalue weighted by molar-refractivity contribution is 5.86. The first-order valence-corrected chi connectivity index (χ1v) is 7.48. The molecule has 23 heavy (non-hydrogen) atoms. The molecule has 0 atom stereocenters. The van der Waals surface area contributed by atoms with Crippen LogP contribution < -0.4 is 5.32 Å². The summed E-state index contributed by atoms with van der Waals surface area (Å²) in [5.41, 5.74) is -0.282. The lowest BCUT2D eigenvalue weighted by Gasteiger charge is -2.19. The van der Waals surface area contributed by atoms with Gasteiger partial charge in [0.25, 0.3) is 0 Å². The fourth-order valence-electron chi connectivity index (χ4n) is 1.90. The molecule has 1 aromatic heterocycles. The van der Waals surface area contributed by atoms with Crippen LogP contribution in [0.4, 0.5) is 4.79 Å². The lowest BCUT2D eigenvalue weighted by molar-refractivity contribution is 0.0528. The predicted octanol–water partition coefficient (Wildman–Crippen LogP) is 0.816. The molecule has 0 aliphatic rings. The third-order valence-electron chi connectivity index (χ3n) is 2.85. The first kappa shape index (κ1) is 18.9. The van der Waals surface area contributed by atoms with E-state index in [1.54, 1.807) is 20.8 Å². The number of aromatic carboxylic acids is 1. The third kappa shape index (κ3) is 6.64. The van der Waals surface area contributed by atoms with Crippen molar-refractivity contribution < 1.29 is 24.5 Å². The van der Waals surface area contributed by atoms with Crippen LogP contribution in [-0.2, 0) is 17.7 Å². The van der Waals surface area contributed by atoms with E-state index in [1.807, 2.05) is 0 Å². The summed E-state index contributed by atoms with van der Waals surface area (Å²) in [4.78, 5) is 22.8. The standard InChI is InChI=1S/C14H24N4O5/c1-14(2,3)23-13(22)15-7-6-10-11(12(20)21)16-17-18(10)8-4-5-9-19/h19H,4-9H2,1-3H3,(H,15,22)(H,20,21). The summed E-state index contributed by atoms with van der Waals surface area (Å²) in [7, 11) is 0. The number of ether oxygens (including phenoxy) is 1. The second-order valence-corrected chi connectivity index (χ2v) is 6.02. The number of amides is 1. The number of aryl methyl sites for hydroxylation is 1. The van der Waals surface area contributed by atoms with E-state index in [9.17, 15) is 9.59 Å². The summed E-state index contributed by atoms with van der Waals surface area (Å²) in [6, 6.07) is 0. The Kier molecular flexibility index (Phi) is 6.95. The average Bonchev–Trinajstić information content (AvgIpc) is 2.80. The zero-order chi connectivity index (χ0) is 17.5. The average molecular weight is 328 g/mol. The molecule has 1 amide bonds. The molecule has 0 aliphatic heterocycles. The number of carboxylic acids is 1. The van der Waals surface area contributed by atoms with Gasteiger partial charge in [-0.1, -0.05) is 5.21 Å². The van der Waals surface area contributed by atoms with Gasteiger partial charge in [0.1, 0.15) is 5.60 Å². The van der Waals surface area contributed by atoms with E-state index < -0.39 is 17.7 Å². The summed E-state index contributed by atoms with van der Waals surface area (Å²) < 4.78 is 6.61. The third-order valence-corrected chi connectivity index (χ3v) is 2.85. The first-order chi connectivity index (χ1) is 10.7. The topological polar surface area (TPSA) is 127 Å². The monoisotopic (exact) mass is 328 g/mol. The van der Waals surface area contributed by atoms with Gasteiger partial charge >= 0.3 is 12.1 Å². The number of nitrogens with zero attached hydrogens (tertiary/aromatic N) is 3. The molecule has 0 fully saturated rings. The Balaban J connectivity index is 2.64. The number of carbonyl (C=O) groups excluding carboxylic acids is 1. The maximum absolute atomic E-state index is 11.6. The molecule has 0 saturated heterocycles. The summed E-state index contributed by atoms with van der Waals surface area (Å²) in [6.45, 7) is 6.01. The Labute approximate surface area is 134 Å². The van der Waals surface area contributed by atoms with Gasteiger partial charge in [0.05, 0.1) is 5.69 Å². The lowest BCUT2D eigenvalue weighted by Crippen LogP contribution is -2.34. The predicted molar refractivity (Wildman–Crippen MR) is 81.2 cm³/mol. The number of aliphatic hydroxyl groups is 1. The molecule has 0 bridgehead atoms. The van der Waals surface area contributed by atoms with Crippen LogP contribution in [0.1, 0.15) is 49.8 Å². The van der Waals surface area contributed by atoms with Gasteiger partial charge in [0.2, 0.25) is 0 Å². The molecule has 0 aliphatic carbocycles. The molecule has 130 valence electrons. The van der Waals surface area contributed by atoms with Gasteiger partial charge in [-0.15, -0.1) is 5.10 Å². The molecule has 0 spiro atoms. The highest BCUT2D eigenvalue weighted by Crippen LogP contribution is 2.09. The minimum Gasteiger partial charge on any atom is -0.476 e. The second-order valence-electron chi connectivity index (χ2n) is 6.02. The van der Waals surface area contributed by atoms with Crippen molar-refractivity contribution in [3.63, 3.8) is 0 Å². The van der Waals surface area contributed by atoms with Gasteiger partial charge in [-0.05, 0) is 33.6 Å². The van der Waals surface area contributed by atoms with Gasteiger partial charge in [0.15, 0.2) is 5.69 Å². The Morgan fingerprint density at radius 1 is 1.30 bits per heavy atom. The fraction of sp³-hybridized carbons (Fsp3) is 0.714. The minimum absolute atomic E-state index is 0.0655. The Morgan fingerprint density at radius 2 is 2.00 bits per heavy atom. The van der Waals surface area contributed by atoms with Gasteiger partial charge in [-0.25, -0.2) is 14.3 Å². The normalized spacial score (nSPS) is 11.3. The number of unbranched alkanes of at least 4 members (excludes halogenated alkanes) is 1. The first-order valence-electron chi connectivity index (χ1n) is 7.48.